The molecule has 0 heterocycles. The lowest BCUT2D eigenvalue weighted by Gasteiger charge is -2.14. The van der Waals surface area contributed by atoms with Crippen LogP contribution in [0.1, 0.15) is 23.7 Å². The van der Waals surface area contributed by atoms with Gasteiger partial charge in [-0.05, 0) is 17.7 Å². The van der Waals surface area contributed by atoms with E-state index in [1.807, 2.05) is 0 Å². The normalized spacial score (nSPS) is 14.8. The average molecular weight is 258 g/mol. The van der Waals surface area contributed by atoms with Crippen molar-refractivity contribution >= 4 is 0 Å². The number of benzene rings is 1. The van der Waals surface area contributed by atoms with Gasteiger partial charge in [-0.15, -0.1) is 0 Å². The van der Waals surface area contributed by atoms with Crippen LogP contribution < -0.4 is 0 Å². The van der Waals surface area contributed by atoms with Crippen molar-refractivity contribution in [3.63, 3.8) is 0 Å². The molecule has 0 unspecified atom stereocenters. The molecule has 0 amide bonds. The average Bonchev–Trinajstić information content (AvgIpc) is 2.14. The van der Waals surface area contributed by atoms with E-state index in [-0.39, 0.29) is 5.56 Å². The molecule has 0 saturated heterocycles. The van der Waals surface area contributed by atoms with Crippen molar-refractivity contribution in [3.05, 3.63) is 35.4 Å². The summed E-state index contributed by atoms with van der Waals surface area (Å²) in [5.74, 6) is 0. The molecule has 1 aromatic carbocycles. The smallest absolute Gasteiger partial charge is 0.388 e. The Hall–Kier alpha value is -1.24. The molecule has 1 nitrogen and oxygen atoms in total. The molecule has 0 saturated carbocycles. The first kappa shape index (κ1) is 13.8. The molecule has 0 bridgehead atoms. The number of aliphatic hydroxyl groups excluding tert-OH is 1. The van der Waals surface area contributed by atoms with Gasteiger partial charge in [0.15, 0.2) is 0 Å². The summed E-state index contributed by atoms with van der Waals surface area (Å²) in [5.41, 5.74) is -1.17. The molecule has 0 aliphatic heterocycles. The van der Waals surface area contributed by atoms with Crippen molar-refractivity contribution in [3.8, 4) is 0 Å². The quantitative estimate of drug-likeness (QED) is 0.802. The van der Waals surface area contributed by atoms with Crippen LogP contribution in [0.4, 0.5) is 26.3 Å². The zero-order valence-corrected chi connectivity index (χ0v) is 8.31. The lowest BCUT2D eigenvalue weighted by molar-refractivity contribution is -0.154. The molecule has 0 radical (unpaired) electrons. The summed E-state index contributed by atoms with van der Waals surface area (Å²) in [5, 5.41) is 9.15. The molecule has 1 aromatic rings. The van der Waals surface area contributed by atoms with Crippen LogP contribution in [-0.2, 0) is 6.18 Å². The predicted molar refractivity (Wildman–Crippen MR) is 47.1 cm³/mol. The standard InChI is InChI=1S/C10H8F6O/c11-9(12,13)5-8(17)6-1-3-7(4-2-6)10(14,15)16/h1-4,8,17H,5H2/t8-/m1/s1. The molecule has 1 rings (SSSR count). The maximum absolute atomic E-state index is 12.1. The maximum Gasteiger partial charge on any atom is 0.416 e. The highest BCUT2D eigenvalue weighted by Gasteiger charge is 2.33. The van der Waals surface area contributed by atoms with Gasteiger partial charge < -0.3 is 5.11 Å². The largest absolute Gasteiger partial charge is 0.416 e. The Morgan fingerprint density at radius 3 is 1.76 bits per heavy atom. The van der Waals surface area contributed by atoms with Gasteiger partial charge in [0.05, 0.1) is 18.1 Å². The second-order valence-corrected chi connectivity index (χ2v) is 3.45. The molecule has 0 fully saturated rings. The third kappa shape index (κ3) is 4.26. The van der Waals surface area contributed by atoms with Crippen LogP contribution in [0, 0.1) is 0 Å². The van der Waals surface area contributed by atoms with E-state index in [1.165, 1.54) is 0 Å². The second-order valence-electron chi connectivity index (χ2n) is 3.45. The van der Waals surface area contributed by atoms with Gasteiger partial charge in [-0.2, -0.15) is 26.3 Å². The van der Waals surface area contributed by atoms with Crippen LogP contribution in [0.15, 0.2) is 24.3 Å². The third-order valence-corrected chi connectivity index (χ3v) is 2.05. The number of hydrogen-bond acceptors (Lipinski definition) is 1. The summed E-state index contributed by atoms with van der Waals surface area (Å²) in [6.07, 6.45) is -12.5. The molecule has 96 valence electrons. The fourth-order valence-electron chi connectivity index (χ4n) is 1.23. The lowest BCUT2D eigenvalue weighted by atomic mass is 10.0. The first-order valence-electron chi connectivity index (χ1n) is 4.51. The van der Waals surface area contributed by atoms with E-state index < -0.39 is 30.4 Å². The minimum absolute atomic E-state index is 0.199. The summed E-state index contributed by atoms with van der Waals surface area (Å²) in [6, 6.07) is 2.93. The van der Waals surface area contributed by atoms with Gasteiger partial charge in [0, 0.05) is 0 Å². The Labute approximate surface area is 92.7 Å². The highest BCUT2D eigenvalue weighted by atomic mass is 19.4. The van der Waals surface area contributed by atoms with Gasteiger partial charge in [-0.3, -0.25) is 0 Å². The van der Waals surface area contributed by atoms with Crippen LogP contribution in [0.2, 0.25) is 0 Å². The molecule has 0 aliphatic rings. The van der Waals surface area contributed by atoms with Crippen molar-refractivity contribution in [1.29, 1.82) is 0 Å². The van der Waals surface area contributed by atoms with Gasteiger partial charge in [0.25, 0.3) is 0 Å². The topological polar surface area (TPSA) is 20.2 Å². The minimum Gasteiger partial charge on any atom is -0.388 e. The first-order valence-corrected chi connectivity index (χ1v) is 4.51. The van der Waals surface area contributed by atoms with Crippen molar-refractivity contribution in [2.24, 2.45) is 0 Å². The van der Waals surface area contributed by atoms with Gasteiger partial charge in [0.1, 0.15) is 0 Å². The maximum atomic E-state index is 12.1. The van der Waals surface area contributed by atoms with Crippen LogP contribution in [0.3, 0.4) is 0 Å². The minimum atomic E-state index is -4.57. The fraction of sp³-hybridized carbons (Fsp3) is 0.400. The van der Waals surface area contributed by atoms with E-state index >= 15 is 0 Å². The van der Waals surface area contributed by atoms with Crippen molar-refractivity contribution < 1.29 is 31.4 Å². The van der Waals surface area contributed by atoms with E-state index in [2.05, 4.69) is 0 Å². The lowest BCUT2D eigenvalue weighted by Crippen LogP contribution is -2.14. The Balaban J connectivity index is 2.81. The molecule has 0 spiro atoms. The fourth-order valence-corrected chi connectivity index (χ4v) is 1.23. The Kier molecular flexibility index (Phi) is 3.71. The number of aliphatic hydroxyl groups is 1. The number of halogens is 6. The van der Waals surface area contributed by atoms with E-state index in [1.54, 1.807) is 0 Å². The highest BCUT2D eigenvalue weighted by Crippen LogP contribution is 2.32. The summed E-state index contributed by atoms with van der Waals surface area (Å²) < 4.78 is 72.2. The van der Waals surface area contributed by atoms with Gasteiger partial charge >= 0.3 is 12.4 Å². The predicted octanol–water partition coefficient (Wildman–Crippen LogP) is 3.69. The molecule has 17 heavy (non-hydrogen) atoms. The summed E-state index contributed by atoms with van der Waals surface area (Å²) in [7, 11) is 0. The molecule has 0 aliphatic carbocycles. The Bertz CT molecular complexity index is 364. The molecule has 1 atom stereocenters. The monoisotopic (exact) mass is 258 g/mol. The van der Waals surface area contributed by atoms with Crippen LogP contribution in [-0.4, -0.2) is 11.3 Å². The van der Waals surface area contributed by atoms with Gasteiger partial charge in [-0.25, -0.2) is 0 Å². The van der Waals surface area contributed by atoms with E-state index in [4.69, 9.17) is 5.11 Å². The summed E-state index contributed by atoms with van der Waals surface area (Å²) in [6.45, 7) is 0. The zero-order valence-electron chi connectivity index (χ0n) is 8.31. The van der Waals surface area contributed by atoms with E-state index in [0.29, 0.717) is 12.1 Å². The highest BCUT2D eigenvalue weighted by molar-refractivity contribution is 5.26. The van der Waals surface area contributed by atoms with E-state index in [0.717, 1.165) is 12.1 Å². The second kappa shape index (κ2) is 4.56. The van der Waals surface area contributed by atoms with E-state index in [9.17, 15) is 26.3 Å². The SMILES string of the molecule is O[C@H](CC(F)(F)F)c1ccc(C(F)(F)F)cc1. The molecule has 0 aromatic heterocycles. The van der Waals surface area contributed by atoms with Crippen LogP contribution in [0.25, 0.3) is 0 Å². The molecule has 7 heteroatoms. The number of rotatable bonds is 2. The third-order valence-electron chi connectivity index (χ3n) is 2.05. The van der Waals surface area contributed by atoms with Crippen LogP contribution in [0.5, 0.6) is 0 Å². The van der Waals surface area contributed by atoms with Gasteiger partial charge in [-0.1, -0.05) is 12.1 Å². The molecular formula is C10H8F6O. The van der Waals surface area contributed by atoms with Crippen molar-refractivity contribution in [1.82, 2.24) is 0 Å². The number of hydrogen-bond donors (Lipinski definition) is 1. The van der Waals surface area contributed by atoms with Crippen molar-refractivity contribution in [2.75, 3.05) is 0 Å². The Morgan fingerprint density at radius 2 is 1.41 bits per heavy atom. The zero-order chi connectivity index (χ0) is 13.3. The summed E-state index contributed by atoms with van der Waals surface area (Å²) in [4.78, 5) is 0. The summed E-state index contributed by atoms with van der Waals surface area (Å²) >= 11 is 0. The van der Waals surface area contributed by atoms with Crippen molar-refractivity contribution in [2.45, 2.75) is 24.9 Å². The molecular weight excluding hydrogens is 250 g/mol. The molecule has 1 N–H and O–H groups in total. The van der Waals surface area contributed by atoms with Gasteiger partial charge in [0.2, 0.25) is 0 Å². The Morgan fingerprint density at radius 1 is 0.941 bits per heavy atom. The first-order chi connectivity index (χ1) is 7.59. The van der Waals surface area contributed by atoms with Crippen LogP contribution >= 0.6 is 0 Å². The number of alkyl halides is 6.